The summed E-state index contributed by atoms with van der Waals surface area (Å²) in [6.07, 6.45) is 0.508. The summed E-state index contributed by atoms with van der Waals surface area (Å²) in [4.78, 5) is 17.2. The van der Waals surface area contributed by atoms with Crippen molar-refractivity contribution in [3.8, 4) is 22.6 Å². The molecule has 0 spiro atoms. The topological polar surface area (TPSA) is 113 Å². The smallest absolute Gasteiger partial charge is 0.490 e. The van der Waals surface area contributed by atoms with Crippen LogP contribution in [0.25, 0.3) is 22.2 Å². The van der Waals surface area contributed by atoms with Crippen molar-refractivity contribution < 1.29 is 32.5 Å². The summed E-state index contributed by atoms with van der Waals surface area (Å²) in [6.45, 7) is 3.46. The molecule has 1 aliphatic rings. The van der Waals surface area contributed by atoms with E-state index in [2.05, 4.69) is 40.3 Å². The van der Waals surface area contributed by atoms with Gasteiger partial charge in [-0.15, -0.1) is 0 Å². The van der Waals surface area contributed by atoms with Crippen LogP contribution in [0.15, 0.2) is 48.8 Å². The van der Waals surface area contributed by atoms with Gasteiger partial charge in [-0.3, -0.25) is 5.10 Å². The molecule has 4 aromatic rings. The first-order chi connectivity index (χ1) is 16.7. The second-order valence-corrected chi connectivity index (χ2v) is 7.97. The third kappa shape index (κ3) is 5.73. The first-order valence-electron chi connectivity index (χ1n) is 10.9. The summed E-state index contributed by atoms with van der Waals surface area (Å²) in [5.41, 5.74) is 5.34. The van der Waals surface area contributed by atoms with Gasteiger partial charge in [0.25, 0.3) is 0 Å². The Bertz CT molecular complexity index is 1300. The largest absolute Gasteiger partial charge is 0.494 e. The van der Waals surface area contributed by atoms with Gasteiger partial charge in [0.05, 0.1) is 36.4 Å². The van der Waals surface area contributed by atoms with E-state index in [4.69, 9.17) is 24.4 Å². The number of aromatic amines is 2. The average molecular weight is 488 g/mol. The van der Waals surface area contributed by atoms with Crippen LogP contribution in [0.2, 0.25) is 0 Å². The number of aliphatic carboxylic acids is 1. The van der Waals surface area contributed by atoms with Gasteiger partial charge in [0, 0.05) is 11.8 Å². The highest BCUT2D eigenvalue weighted by atomic mass is 19.4. The number of carboxylic acid groups (broad SMARTS) is 1. The van der Waals surface area contributed by atoms with E-state index in [0.29, 0.717) is 6.61 Å². The van der Waals surface area contributed by atoms with E-state index >= 15 is 0 Å². The summed E-state index contributed by atoms with van der Waals surface area (Å²) in [6, 6.07) is 12.3. The number of halogens is 3. The zero-order chi connectivity index (χ0) is 25.0. The lowest BCUT2D eigenvalue weighted by Crippen LogP contribution is -2.21. The maximum Gasteiger partial charge on any atom is 0.490 e. The molecule has 35 heavy (non-hydrogen) atoms. The molecule has 0 radical (unpaired) electrons. The zero-order valence-corrected chi connectivity index (χ0v) is 18.7. The number of fused-ring (bicyclic) bond motifs is 2. The molecule has 1 unspecified atom stereocenters. The lowest BCUT2D eigenvalue weighted by Gasteiger charge is -2.24. The maximum atomic E-state index is 10.6. The summed E-state index contributed by atoms with van der Waals surface area (Å²) >= 11 is 0. The van der Waals surface area contributed by atoms with Crippen LogP contribution >= 0.6 is 0 Å². The number of hydrogen-bond acceptors (Lipinski definition) is 5. The number of carboxylic acids is 1. The monoisotopic (exact) mass is 488 g/mol. The summed E-state index contributed by atoms with van der Waals surface area (Å²) < 4.78 is 43.5. The minimum Gasteiger partial charge on any atom is -0.494 e. The van der Waals surface area contributed by atoms with Crippen LogP contribution in [0.3, 0.4) is 0 Å². The zero-order valence-electron chi connectivity index (χ0n) is 18.7. The quantitative estimate of drug-likeness (QED) is 0.361. The molecule has 3 heterocycles. The molecule has 1 aliphatic heterocycles. The van der Waals surface area contributed by atoms with E-state index in [-0.39, 0.29) is 5.92 Å². The predicted octanol–water partition coefficient (Wildman–Crippen LogP) is 5.09. The van der Waals surface area contributed by atoms with Gasteiger partial charge in [-0.05, 0) is 54.3 Å². The van der Waals surface area contributed by atoms with Crippen molar-refractivity contribution in [3.05, 3.63) is 60.2 Å². The number of H-pyrrole nitrogens is 2. The molecule has 2 aromatic heterocycles. The van der Waals surface area contributed by atoms with Gasteiger partial charge in [0.2, 0.25) is 0 Å². The van der Waals surface area contributed by atoms with Gasteiger partial charge in [0.1, 0.15) is 17.3 Å². The van der Waals surface area contributed by atoms with E-state index in [9.17, 15) is 13.2 Å². The highest BCUT2D eigenvalue weighted by Gasteiger charge is 2.38. The number of aromatic nitrogens is 4. The fraction of sp³-hybridized carbons (Fsp3) is 0.292. The number of benzene rings is 2. The first kappa shape index (κ1) is 24.1. The Kier molecular flexibility index (Phi) is 6.94. The van der Waals surface area contributed by atoms with Crippen molar-refractivity contribution >= 4 is 17.0 Å². The third-order valence-electron chi connectivity index (χ3n) is 5.37. The van der Waals surface area contributed by atoms with Gasteiger partial charge < -0.3 is 19.6 Å². The molecular weight excluding hydrogens is 465 g/mol. The summed E-state index contributed by atoms with van der Waals surface area (Å²) in [7, 11) is 0. The molecule has 0 amide bonds. The minimum absolute atomic E-state index is 0.193. The molecule has 0 bridgehead atoms. The molecule has 5 rings (SSSR count). The molecular formula is C24H23F3N4O4. The molecule has 3 N–H and O–H groups in total. The predicted molar refractivity (Wildman–Crippen MR) is 122 cm³/mol. The number of nitrogens with zero attached hydrogens (tertiary/aromatic N) is 2. The van der Waals surface area contributed by atoms with Crippen molar-refractivity contribution in [2.45, 2.75) is 31.9 Å². The van der Waals surface area contributed by atoms with Crippen molar-refractivity contribution in [2.24, 2.45) is 0 Å². The van der Waals surface area contributed by atoms with Crippen LogP contribution in [0, 0.1) is 0 Å². The molecule has 0 fully saturated rings. The average Bonchev–Trinajstić information content (AvgIpc) is 3.51. The highest BCUT2D eigenvalue weighted by molar-refractivity contribution is 5.81. The highest BCUT2D eigenvalue weighted by Crippen LogP contribution is 2.35. The van der Waals surface area contributed by atoms with E-state index < -0.39 is 12.1 Å². The van der Waals surface area contributed by atoms with Gasteiger partial charge in [-0.25, -0.2) is 9.78 Å². The van der Waals surface area contributed by atoms with Gasteiger partial charge in [-0.1, -0.05) is 13.0 Å². The summed E-state index contributed by atoms with van der Waals surface area (Å²) in [5.74, 6) is 0.244. The number of nitrogens with one attached hydrogen (secondary N) is 2. The van der Waals surface area contributed by atoms with E-state index in [1.807, 2.05) is 30.6 Å². The Balaban J connectivity index is 0.000000364. The molecule has 11 heteroatoms. The third-order valence-corrected chi connectivity index (χ3v) is 5.37. The van der Waals surface area contributed by atoms with Crippen molar-refractivity contribution in [3.63, 3.8) is 0 Å². The summed E-state index contributed by atoms with van der Waals surface area (Å²) in [5, 5.41) is 14.0. The molecule has 0 saturated carbocycles. The standard InChI is InChI=1S/C22H22N4O2.C2HF3O2/c1-2-7-27-18-4-6-21-15(9-18)8-16(13-28-21)22-25-19-5-3-14(10-20(19)26-22)17-11-23-24-12-17;3-2(4,5)1(6)7/h3-6,9-12,16H,2,7-8,13H2,1H3,(H,23,24)(H,25,26);(H,6,7). The molecule has 0 saturated heterocycles. The van der Waals surface area contributed by atoms with Crippen LogP contribution in [0.1, 0.15) is 30.7 Å². The first-order valence-corrected chi connectivity index (χ1v) is 10.9. The molecule has 1 atom stereocenters. The Hall–Kier alpha value is -4.02. The van der Waals surface area contributed by atoms with E-state index in [0.717, 1.165) is 58.9 Å². The molecule has 8 nitrogen and oxygen atoms in total. The minimum atomic E-state index is -5.08. The molecule has 184 valence electrons. The second kappa shape index (κ2) is 10.1. The number of rotatable bonds is 5. The normalized spacial score (nSPS) is 15.0. The van der Waals surface area contributed by atoms with Crippen LogP contribution in [-0.2, 0) is 11.2 Å². The molecule has 0 aliphatic carbocycles. The van der Waals surface area contributed by atoms with Crippen molar-refractivity contribution in [1.29, 1.82) is 0 Å². The maximum absolute atomic E-state index is 10.6. The van der Waals surface area contributed by atoms with Crippen LogP contribution in [0.4, 0.5) is 13.2 Å². The van der Waals surface area contributed by atoms with Gasteiger partial charge >= 0.3 is 12.1 Å². The lowest BCUT2D eigenvalue weighted by atomic mass is 9.96. The Morgan fingerprint density at radius 1 is 1.23 bits per heavy atom. The van der Waals surface area contributed by atoms with Crippen LogP contribution in [-0.4, -0.2) is 50.6 Å². The second-order valence-electron chi connectivity index (χ2n) is 7.97. The SMILES string of the molecule is CCCOc1ccc2c(c1)CC(c1nc3ccc(-c4cn[nH]c4)cc3[nH]1)CO2.O=C(O)C(F)(F)F. The number of alkyl halides is 3. The van der Waals surface area contributed by atoms with E-state index in [1.54, 1.807) is 0 Å². The Labute approximate surface area is 198 Å². The van der Waals surface area contributed by atoms with Crippen molar-refractivity contribution in [1.82, 2.24) is 20.2 Å². The van der Waals surface area contributed by atoms with Crippen molar-refractivity contribution in [2.75, 3.05) is 13.2 Å². The number of hydrogen-bond donors (Lipinski definition) is 3. The van der Waals surface area contributed by atoms with E-state index in [1.165, 1.54) is 5.56 Å². The number of carbonyl (C=O) groups is 1. The van der Waals surface area contributed by atoms with Crippen LogP contribution < -0.4 is 9.47 Å². The Morgan fingerprint density at radius 2 is 2.03 bits per heavy atom. The fourth-order valence-corrected chi connectivity index (χ4v) is 3.67. The fourth-order valence-electron chi connectivity index (χ4n) is 3.67. The van der Waals surface area contributed by atoms with Crippen LogP contribution in [0.5, 0.6) is 11.5 Å². The van der Waals surface area contributed by atoms with Gasteiger partial charge in [-0.2, -0.15) is 18.3 Å². The number of ether oxygens (including phenoxy) is 2. The number of imidazole rings is 1. The van der Waals surface area contributed by atoms with Gasteiger partial charge in [0.15, 0.2) is 0 Å². The lowest BCUT2D eigenvalue weighted by molar-refractivity contribution is -0.192. The molecule has 2 aromatic carbocycles. The Morgan fingerprint density at radius 3 is 2.71 bits per heavy atom.